The van der Waals surface area contributed by atoms with Crippen LogP contribution in [0.5, 0.6) is 0 Å². The number of halogens is 1. The topological polar surface area (TPSA) is 36.3 Å². The van der Waals surface area contributed by atoms with Gasteiger partial charge in [0.05, 0.1) is 13.2 Å². The molecule has 1 aromatic rings. The fraction of sp³-hybridized carbons (Fsp3) is 0.333. The maximum absolute atomic E-state index is 7.55. The molecule has 0 saturated carbocycles. The van der Waals surface area contributed by atoms with Gasteiger partial charge in [0, 0.05) is 24.2 Å². The third-order valence-electron chi connectivity index (χ3n) is 2.69. The van der Waals surface area contributed by atoms with Crippen LogP contribution in [-0.4, -0.2) is 41.4 Å². The van der Waals surface area contributed by atoms with Crippen molar-refractivity contribution in [1.29, 1.82) is 5.41 Å². The molecule has 0 spiro atoms. The van der Waals surface area contributed by atoms with Gasteiger partial charge in [0.15, 0.2) is 0 Å². The molecular formula is C12H13ClN2OS. The zero-order valence-electron chi connectivity index (χ0n) is 9.28. The molecule has 0 aliphatic carbocycles. The van der Waals surface area contributed by atoms with E-state index < -0.39 is 0 Å². The lowest BCUT2D eigenvalue weighted by Gasteiger charge is -2.29. The van der Waals surface area contributed by atoms with Crippen molar-refractivity contribution in [2.45, 2.75) is 0 Å². The van der Waals surface area contributed by atoms with E-state index in [1.54, 1.807) is 0 Å². The molecule has 17 heavy (non-hydrogen) atoms. The lowest BCUT2D eigenvalue weighted by Crippen LogP contribution is -2.40. The largest absolute Gasteiger partial charge is 0.378 e. The van der Waals surface area contributed by atoms with Crippen molar-refractivity contribution in [2.75, 3.05) is 26.3 Å². The minimum atomic E-state index is 0.0243. The molecular weight excluding hydrogens is 256 g/mol. The number of morpholine rings is 1. The van der Waals surface area contributed by atoms with Gasteiger partial charge >= 0.3 is 0 Å². The van der Waals surface area contributed by atoms with E-state index in [2.05, 4.69) is 4.90 Å². The van der Waals surface area contributed by atoms with Gasteiger partial charge in [-0.15, -0.1) is 0 Å². The molecule has 1 aromatic carbocycles. The third-order valence-corrected chi connectivity index (χ3v) is 3.37. The van der Waals surface area contributed by atoms with E-state index >= 15 is 0 Å². The Morgan fingerprint density at radius 3 is 2.41 bits per heavy atom. The van der Waals surface area contributed by atoms with E-state index in [4.69, 9.17) is 34.0 Å². The van der Waals surface area contributed by atoms with E-state index in [1.165, 1.54) is 0 Å². The van der Waals surface area contributed by atoms with Gasteiger partial charge in [0.2, 0.25) is 0 Å². The van der Waals surface area contributed by atoms with Crippen LogP contribution in [0.25, 0.3) is 0 Å². The highest BCUT2D eigenvalue weighted by molar-refractivity contribution is 7.80. The van der Waals surface area contributed by atoms with E-state index in [1.807, 2.05) is 24.3 Å². The molecule has 0 amide bonds. The van der Waals surface area contributed by atoms with Crippen molar-refractivity contribution >= 4 is 34.0 Å². The van der Waals surface area contributed by atoms with Crippen LogP contribution in [0.1, 0.15) is 11.1 Å². The lowest BCUT2D eigenvalue weighted by atomic mass is 10.1. The summed E-state index contributed by atoms with van der Waals surface area (Å²) in [5, 5.41) is 7.57. The van der Waals surface area contributed by atoms with Crippen molar-refractivity contribution in [2.24, 2.45) is 0 Å². The molecule has 3 nitrogen and oxygen atoms in total. The first-order chi connectivity index (χ1) is 8.20. The number of benzene rings is 1. The van der Waals surface area contributed by atoms with Crippen LogP contribution in [0.2, 0.25) is 0 Å². The molecule has 2 rings (SSSR count). The van der Waals surface area contributed by atoms with Crippen LogP contribution in [0, 0.1) is 5.41 Å². The Morgan fingerprint density at radius 1 is 1.24 bits per heavy atom. The number of thiocarbonyl (C=S) groups is 1. The lowest BCUT2D eigenvalue weighted by molar-refractivity contribution is 0.0693. The predicted octanol–water partition coefficient (Wildman–Crippen LogP) is 2.26. The first kappa shape index (κ1) is 12.5. The Kier molecular flexibility index (Phi) is 4.10. The van der Waals surface area contributed by atoms with Crippen LogP contribution in [0.4, 0.5) is 0 Å². The Labute approximate surface area is 111 Å². The highest BCUT2D eigenvalue weighted by Gasteiger charge is 2.18. The molecule has 1 fully saturated rings. The molecule has 0 unspecified atom stereocenters. The SMILES string of the molecule is N=C(Cl)c1ccccc1C(=S)N1CCOCC1. The van der Waals surface area contributed by atoms with Gasteiger partial charge in [-0.25, -0.2) is 0 Å². The van der Waals surface area contributed by atoms with E-state index in [-0.39, 0.29) is 5.17 Å². The average Bonchev–Trinajstić information content (AvgIpc) is 2.39. The normalized spacial score (nSPS) is 15.7. The number of nitrogens with zero attached hydrogens (tertiary/aromatic N) is 1. The molecule has 90 valence electrons. The molecule has 1 aliphatic heterocycles. The second-order valence-electron chi connectivity index (χ2n) is 3.76. The number of rotatable bonds is 2. The van der Waals surface area contributed by atoms with Crippen LogP contribution >= 0.6 is 23.8 Å². The van der Waals surface area contributed by atoms with Crippen LogP contribution in [0.3, 0.4) is 0 Å². The molecule has 0 atom stereocenters. The fourth-order valence-corrected chi connectivity index (χ4v) is 2.32. The summed E-state index contributed by atoms with van der Waals surface area (Å²) in [7, 11) is 0. The maximum atomic E-state index is 7.55. The highest BCUT2D eigenvalue weighted by Crippen LogP contribution is 2.16. The van der Waals surface area contributed by atoms with Gasteiger partial charge in [0.25, 0.3) is 0 Å². The minimum Gasteiger partial charge on any atom is -0.378 e. The number of hydrogen-bond donors (Lipinski definition) is 1. The standard InChI is InChI=1S/C12H13ClN2OS/c13-11(14)9-3-1-2-4-10(9)12(17)15-5-7-16-8-6-15/h1-4,14H,5-8H2. The van der Waals surface area contributed by atoms with E-state index in [0.29, 0.717) is 18.8 Å². The number of nitrogens with one attached hydrogen (secondary N) is 1. The zero-order chi connectivity index (χ0) is 12.3. The van der Waals surface area contributed by atoms with Crippen LogP contribution in [0.15, 0.2) is 24.3 Å². The summed E-state index contributed by atoms with van der Waals surface area (Å²) in [5.74, 6) is 0. The molecule has 5 heteroatoms. The molecule has 1 heterocycles. The van der Waals surface area contributed by atoms with Gasteiger partial charge in [-0.1, -0.05) is 48.1 Å². The summed E-state index contributed by atoms with van der Waals surface area (Å²) < 4.78 is 5.29. The van der Waals surface area contributed by atoms with Crippen LogP contribution in [-0.2, 0) is 4.74 Å². The summed E-state index contributed by atoms with van der Waals surface area (Å²) in [6, 6.07) is 7.49. The van der Waals surface area contributed by atoms with E-state index in [0.717, 1.165) is 23.6 Å². The van der Waals surface area contributed by atoms with Gasteiger partial charge < -0.3 is 9.64 Å². The summed E-state index contributed by atoms with van der Waals surface area (Å²) in [6.07, 6.45) is 0. The number of hydrogen-bond acceptors (Lipinski definition) is 3. The van der Waals surface area contributed by atoms with Crippen molar-refractivity contribution < 1.29 is 4.74 Å². The second-order valence-corrected chi connectivity index (χ2v) is 4.53. The molecule has 1 saturated heterocycles. The smallest absolute Gasteiger partial charge is 0.128 e. The number of ether oxygens (including phenoxy) is 1. The molecule has 1 aliphatic rings. The molecule has 0 bridgehead atoms. The Balaban J connectivity index is 2.26. The quantitative estimate of drug-likeness (QED) is 0.660. The molecule has 0 radical (unpaired) electrons. The first-order valence-electron chi connectivity index (χ1n) is 5.40. The van der Waals surface area contributed by atoms with Crippen molar-refractivity contribution in [3.63, 3.8) is 0 Å². The predicted molar refractivity (Wildman–Crippen MR) is 73.2 cm³/mol. The molecule has 0 aromatic heterocycles. The van der Waals surface area contributed by atoms with Crippen molar-refractivity contribution in [3.05, 3.63) is 35.4 Å². The summed E-state index contributed by atoms with van der Waals surface area (Å²) >= 11 is 11.2. The summed E-state index contributed by atoms with van der Waals surface area (Å²) in [6.45, 7) is 2.98. The van der Waals surface area contributed by atoms with Gasteiger partial charge in [-0.3, -0.25) is 5.41 Å². The monoisotopic (exact) mass is 268 g/mol. The molecule has 1 N–H and O–H groups in total. The fourth-order valence-electron chi connectivity index (χ4n) is 1.80. The Hall–Kier alpha value is -0.970. The van der Waals surface area contributed by atoms with Crippen molar-refractivity contribution in [1.82, 2.24) is 4.90 Å². The highest BCUT2D eigenvalue weighted by atomic mass is 35.5. The maximum Gasteiger partial charge on any atom is 0.128 e. The van der Waals surface area contributed by atoms with E-state index in [9.17, 15) is 0 Å². The van der Waals surface area contributed by atoms with Crippen molar-refractivity contribution in [3.8, 4) is 0 Å². The zero-order valence-corrected chi connectivity index (χ0v) is 10.9. The average molecular weight is 269 g/mol. The third kappa shape index (κ3) is 2.83. The van der Waals surface area contributed by atoms with Crippen LogP contribution < -0.4 is 0 Å². The summed E-state index contributed by atoms with van der Waals surface area (Å²) in [5.41, 5.74) is 1.54. The van der Waals surface area contributed by atoms with Gasteiger partial charge in [-0.2, -0.15) is 0 Å². The Morgan fingerprint density at radius 2 is 1.82 bits per heavy atom. The minimum absolute atomic E-state index is 0.0243. The Bertz CT molecular complexity index is 444. The first-order valence-corrected chi connectivity index (χ1v) is 6.19. The summed E-state index contributed by atoms with van der Waals surface area (Å²) in [4.78, 5) is 2.84. The van der Waals surface area contributed by atoms with Gasteiger partial charge in [0.1, 0.15) is 10.2 Å². The van der Waals surface area contributed by atoms with Gasteiger partial charge in [-0.05, 0) is 0 Å². The second kappa shape index (κ2) is 5.58.